The number of halogens is 3. The van der Waals surface area contributed by atoms with Crippen molar-refractivity contribution in [2.24, 2.45) is 0 Å². The van der Waals surface area contributed by atoms with Crippen LogP contribution >= 0.6 is 0 Å². The van der Waals surface area contributed by atoms with E-state index in [1.165, 1.54) is 47.3 Å². The quantitative estimate of drug-likeness (QED) is 0.605. The average molecular weight is 445 g/mol. The summed E-state index contributed by atoms with van der Waals surface area (Å²) in [6.07, 6.45) is 2.74. The van der Waals surface area contributed by atoms with E-state index in [1.54, 1.807) is 0 Å². The number of nitrogens with zero attached hydrogens (tertiary/aromatic N) is 2. The standard InChI is InChI=1S/C22H18F3N3O4/c23-12-32-18-5-3-13(8-17(18)25)20(21-16(24)2-1-7-26-21)27-22(30)14-4-6-19(29)28(9-14)15-10-31-11-15/h1-9,15,20H,10-12H2,(H,27,30)/t20-/m0/s1. The van der Waals surface area contributed by atoms with Gasteiger partial charge < -0.3 is 19.4 Å². The first-order chi connectivity index (χ1) is 15.5. The van der Waals surface area contributed by atoms with Crippen molar-refractivity contribution in [1.29, 1.82) is 0 Å². The van der Waals surface area contributed by atoms with Crippen molar-refractivity contribution in [3.8, 4) is 5.75 Å². The minimum Gasteiger partial charge on any atom is -0.460 e. The fourth-order valence-electron chi connectivity index (χ4n) is 3.31. The largest absolute Gasteiger partial charge is 0.460 e. The van der Waals surface area contributed by atoms with E-state index in [2.05, 4.69) is 15.0 Å². The van der Waals surface area contributed by atoms with Crippen LogP contribution in [0.1, 0.15) is 33.7 Å². The van der Waals surface area contributed by atoms with Gasteiger partial charge in [0.2, 0.25) is 6.86 Å². The summed E-state index contributed by atoms with van der Waals surface area (Å²) in [5.41, 5.74) is -0.108. The second kappa shape index (κ2) is 9.23. The number of nitrogens with one attached hydrogen (secondary N) is 1. The van der Waals surface area contributed by atoms with Crippen LogP contribution in [-0.4, -0.2) is 35.5 Å². The summed E-state index contributed by atoms with van der Waals surface area (Å²) in [4.78, 5) is 29.1. The Kier molecular flexibility index (Phi) is 6.22. The van der Waals surface area contributed by atoms with Crippen LogP contribution < -0.4 is 15.6 Å². The first-order valence-electron chi connectivity index (χ1n) is 9.67. The topological polar surface area (TPSA) is 82.5 Å². The van der Waals surface area contributed by atoms with Crippen LogP contribution in [0.4, 0.5) is 13.2 Å². The van der Waals surface area contributed by atoms with E-state index in [0.717, 1.165) is 12.1 Å². The van der Waals surface area contributed by atoms with Gasteiger partial charge in [-0.1, -0.05) is 6.07 Å². The molecular formula is C22H18F3N3O4. The maximum Gasteiger partial charge on any atom is 0.253 e. The molecule has 32 heavy (non-hydrogen) atoms. The minimum atomic E-state index is -1.22. The number of hydrogen-bond acceptors (Lipinski definition) is 5. The van der Waals surface area contributed by atoms with Crippen LogP contribution in [0.15, 0.2) is 59.7 Å². The van der Waals surface area contributed by atoms with Crippen molar-refractivity contribution < 1.29 is 27.4 Å². The second-order valence-corrected chi connectivity index (χ2v) is 7.07. The lowest BCUT2D eigenvalue weighted by molar-refractivity contribution is -0.0249. The van der Waals surface area contributed by atoms with Crippen LogP contribution in [0.5, 0.6) is 5.75 Å². The lowest BCUT2D eigenvalue weighted by Crippen LogP contribution is -2.38. The van der Waals surface area contributed by atoms with Gasteiger partial charge in [-0.05, 0) is 35.9 Å². The second-order valence-electron chi connectivity index (χ2n) is 7.07. The normalized spacial score (nSPS) is 14.5. The zero-order chi connectivity index (χ0) is 22.7. The minimum absolute atomic E-state index is 0.139. The third kappa shape index (κ3) is 4.35. The fraction of sp³-hybridized carbons (Fsp3) is 0.227. The Morgan fingerprint density at radius 1 is 1.22 bits per heavy atom. The molecule has 10 heteroatoms. The maximum atomic E-state index is 14.5. The predicted molar refractivity (Wildman–Crippen MR) is 107 cm³/mol. The van der Waals surface area contributed by atoms with Crippen LogP contribution in [0.3, 0.4) is 0 Å². The highest BCUT2D eigenvalue weighted by atomic mass is 19.1. The number of alkyl halides is 1. The molecule has 3 heterocycles. The van der Waals surface area contributed by atoms with Crippen molar-refractivity contribution in [2.45, 2.75) is 12.1 Å². The summed E-state index contributed by atoms with van der Waals surface area (Å²) in [7, 11) is 0. The fourth-order valence-corrected chi connectivity index (χ4v) is 3.31. The molecule has 0 saturated carbocycles. The van der Waals surface area contributed by atoms with Gasteiger partial charge in [0, 0.05) is 18.5 Å². The molecule has 1 atom stereocenters. The lowest BCUT2D eigenvalue weighted by Gasteiger charge is -2.28. The van der Waals surface area contributed by atoms with E-state index in [1.807, 2.05) is 0 Å². The summed E-state index contributed by atoms with van der Waals surface area (Å²) in [6.45, 7) is -0.494. The Morgan fingerprint density at radius 2 is 2.03 bits per heavy atom. The third-order valence-electron chi connectivity index (χ3n) is 5.05. The molecule has 7 nitrogen and oxygen atoms in total. The first kappa shape index (κ1) is 21.6. The molecule has 3 aromatic rings. The summed E-state index contributed by atoms with van der Waals surface area (Å²) in [5, 5.41) is 2.64. The number of benzene rings is 1. The molecular weight excluding hydrogens is 427 g/mol. The van der Waals surface area contributed by atoms with Crippen molar-refractivity contribution in [2.75, 3.05) is 20.1 Å². The van der Waals surface area contributed by atoms with Gasteiger partial charge in [0.25, 0.3) is 11.5 Å². The number of ether oxygens (including phenoxy) is 2. The number of hydrogen-bond donors (Lipinski definition) is 1. The van der Waals surface area contributed by atoms with Crippen LogP contribution in [0.25, 0.3) is 0 Å². The highest BCUT2D eigenvalue weighted by molar-refractivity contribution is 5.94. The summed E-state index contributed by atoms with van der Waals surface area (Å²) in [5.74, 6) is -2.54. The average Bonchev–Trinajstić information content (AvgIpc) is 2.74. The Hall–Kier alpha value is -3.66. The molecule has 0 radical (unpaired) electrons. The Morgan fingerprint density at radius 3 is 2.69 bits per heavy atom. The first-order valence-corrected chi connectivity index (χ1v) is 9.67. The van der Waals surface area contributed by atoms with Crippen LogP contribution in [0.2, 0.25) is 0 Å². The van der Waals surface area contributed by atoms with Gasteiger partial charge in [-0.3, -0.25) is 14.6 Å². The van der Waals surface area contributed by atoms with Crippen molar-refractivity contribution in [3.05, 3.63) is 93.7 Å². The molecule has 1 N–H and O–H groups in total. The predicted octanol–water partition coefficient (Wildman–Crippen LogP) is 2.92. The SMILES string of the molecule is O=C(N[C@@H](c1ccc(OCF)c(F)c1)c1ncccc1F)c1ccc(=O)n(C2COC2)c1. The Balaban J connectivity index is 1.68. The van der Waals surface area contributed by atoms with Crippen molar-refractivity contribution in [3.63, 3.8) is 0 Å². The van der Waals surface area contributed by atoms with Gasteiger partial charge in [0.1, 0.15) is 11.5 Å². The van der Waals surface area contributed by atoms with Crippen LogP contribution in [0, 0.1) is 11.6 Å². The third-order valence-corrected chi connectivity index (χ3v) is 5.05. The van der Waals surface area contributed by atoms with Gasteiger partial charge in [0.15, 0.2) is 11.6 Å². The molecule has 2 aromatic heterocycles. The molecule has 166 valence electrons. The van der Waals surface area contributed by atoms with Crippen LogP contribution in [-0.2, 0) is 4.74 Å². The molecule has 1 amide bonds. The van der Waals surface area contributed by atoms with E-state index in [0.29, 0.717) is 13.2 Å². The number of amides is 1. The van der Waals surface area contributed by atoms with Gasteiger partial charge in [0.05, 0.1) is 30.9 Å². The van der Waals surface area contributed by atoms with Crippen molar-refractivity contribution in [1.82, 2.24) is 14.9 Å². The number of aromatic nitrogens is 2. The molecule has 0 bridgehead atoms. The summed E-state index contributed by atoms with van der Waals surface area (Å²) < 4.78 is 52.3. The van der Waals surface area contributed by atoms with Gasteiger partial charge in [-0.15, -0.1) is 0 Å². The molecule has 4 rings (SSSR count). The Bertz CT molecular complexity index is 1200. The molecule has 0 aliphatic carbocycles. The van der Waals surface area contributed by atoms with Gasteiger partial charge in [-0.2, -0.15) is 0 Å². The number of carbonyl (C=O) groups excluding carboxylic acids is 1. The highest BCUT2D eigenvalue weighted by Gasteiger charge is 2.25. The van der Waals surface area contributed by atoms with Gasteiger partial charge in [-0.25, -0.2) is 13.2 Å². The lowest BCUT2D eigenvalue weighted by atomic mass is 10.0. The molecule has 0 unspecified atom stereocenters. The molecule has 0 spiro atoms. The zero-order valence-corrected chi connectivity index (χ0v) is 16.6. The maximum absolute atomic E-state index is 14.5. The van der Waals surface area contributed by atoms with Crippen molar-refractivity contribution >= 4 is 5.91 Å². The number of carbonyl (C=O) groups is 1. The highest BCUT2D eigenvalue weighted by Crippen LogP contribution is 2.27. The molecule has 1 aliphatic heterocycles. The van der Waals surface area contributed by atoms with E-state index < -0.39 is 30.4 Å². The molecule has 1 fully saturated rings. The Labute approximate surface area is 180 Å². The molecule has 1 saturated heterocycles. The molecule has 1 aromatic carbocycles. The monoisotopic (exact) mass is 445 g/mol. The summed E-state index contributed by atoms with van der Waals surface area (Å²) >= 11 is 0. The van der Waals surface area contributed by atoms with E-state index in [9.17, 15) is 22.8 Å². The smallest absolute Gasteiger partial charge is 0.253 e. The number of rotatable bonds is 7. The van der Waals surface area contributed by atoms with E-state index in [-0.39, 0.29) is 34.2 Å². The summed E-state index contributed by atoms with van der Waals surface area (Å²) in [6, 6.07) is 7.38. The van der Waals surface area contributed by atoms with E-state index >= 15 is 0 Å². The van der Waals surface area contributed by atoms with E-state index in [4.69, 9.17) is 4.74 Å². The van der Waals surface area contributed by atoms with Gasteiger partial charge >= 0.3 is 0 Å². The molecule has 1 aliphatic rings. The zero-order valence-electron chi connectivity index (χ0n) is 16.6. The number of pyridine rings is 2.